The number of sulfonamides is 1. The number of alkyl halides is 3. The third-order valence-electron chi connectivity index (χ3n) is 8.29. The molecule has 2 aromatic carbocycles. The van der Waals surface area contributed by atoms with E-state index >= 15 is 0 Å². The summed E-state index contributed by atoms with van der Waals surface area (Å²) in [7, 11) is -3.13. The van der Waals surface area contributed by atoms with Gasteiger partial charge in [-0.25, -0.2) is 12.7 Å². The van der Waals surface area contributed by atoms with Crippen LogP contribution >= 0.6 is 0 Å². The summed E-state index contributed by atoms with van der Waals surface area (Å²) in [6, 6.07) is 11.1. The fourth-order valence-electron chi connectivity index (χ4n) is 5.92. The highest BCUT2D eigenvalue weighted by Gasteiger charge is 2.40. The number of hydrogen-bond donors (Lipinski definition) is 0. The van der Waals surface area contributed by atoms with Crippen LogP contribution < -0.4 is 4.90 Å². The van der Waals surface area contributed by atoms with Crippen molar-refractivity contribution < 1.29 is 21.6 Å². The fraction of sp³-hybridized carbons (Fsp3) is 0.556. The van der Waals surface area contributed by atoms with Crippen molar-refractivity contribution in [3.8, 4) is 0 Å². The van der Waals surface area contributed by atoms with Gasteiger partial charge in [0.05, 0.1) is 17.0 Å². The van der Waals surface area contributed by atoms with E-state index in [1.807, 2.05) is 11.0 Å². The van der Waals surface area contributed by atoms with Gasteiger partial charge < -0.3 is 4.90 Å². The molecular formula is C27H31F3N2O2S. The molecule has 1 unspecified atom stereocenters. The molecule has 4 aliphatic rings. The predicted molar refractivity (Wildman–Crippen MR) is 130 cm³/mol. The van der Waals surface area contributed by atoms with E-state index in [0.717, 1.165) is 37.7 Å². The minimum atomic E-state index is -4.35. The lowest BCUT2D eigenvalue weighted by Gasteiger charge is -2.38. The van der Waals surface area contributed by atoms with Gasteiger partial charge in [-0.1, -0.05) is 30.3 Å². The zero-order valence-electron chi connectivity index (χ0n) is 19.7. The Labute approximate surface area is 205 Å². The van der Waals surface area contributed by atoms with Crippen molar-refractivity contribution in [3.05, 3.63) is 64.2 Å². The number of hydrogen-bond acceptors (Lipinski definition) is 3. The second-order valence-electron chi connectivity index (χ2n) is 10.8. The van der Waals surface area contributed by atoms with Crippen LogP contribution in [0.25, 0.3) is 0 Å². The largest absolute Gasteiger partial charge is 0.418 e. The van der Waals surface area contributed by atoms with E-state index < -0.39 is 21.8 Å². The Bertz CT molecular complexity index is 1230. The second kappa shape index (κ2) is 8.51. The predicted octanol–water partition coefficient (Wildman–Crippen LogP) is 5.33. The number of anilines is 1. The smallest absolute Gasteiger partial charge is 0.371 e. The molecule has 2 aliphatic carbocycles. The van der Waals surface area contributed by atoms with E-state index in [-0.39, 0.29) is 11.8 Å². The zero-order valence-corrected chi connectivity index (χ0v) is 20.5. The van der Waals surface area contributed by atoms with Crippen LogP contribution in [0.15, 0.2) is 36.4 Å². The van der Waals surface area contributed by atoms with Crippen molar-refractivity contribution in [1.29, 1.82) is 0 Å². The summed E-state index contributed by atoms with van der Waals surface area (Å²) < 4.78 is 67.9. The van der Waals surface area contributed by atoms with Crippen molar-refractivity contribution in [3.63, 3.8) is 0 Å². The Morgan fingerprint density at radius 2 is 1.77 bits per heavy atom. The molecule has 2 aromatic rings. The van der Waals surface area contributed by atoms with Crippen molar-refractivity contribution in [2.24, 2.45) is 5.92 Å². The molecule has 2 saturated heterocycles. The molecule has 0 radical (unpaired) electrons. The van der Waals surface area contributed by atoms with Gasteiger partial charge in [-0.15, -0.1) is 0 Å². The van der Waals surface area contributed by atoms with Crippen molar-refractivity contribution in [2.75, 3.05) is 36.8 Å². The van der Waals surface area contributed by atoms with Crippen LogP contribution in [-0.4, -0.2) is 44.7 Å². The molecule has 8 heteroatoms. The van der Waals surface area contributed by atoms with E-state index in [2.05, 4.69) is 18.2 Å². The molecule has 188 valence electrons. The molecule has 0 aromatic heterocycles. The molecule has 3 fully saturated rings. The Balaban J connectivity index is 1.18. The average molecular weight is 505 g/mol. The maximum absolute atomic E-state index is 13.8. The lowest BCUT2D eigenvalue weighted by molar-refractivity contribution is -0.137. The maximum Gasteiger partial charge on any atom is 0.418 e. The molecule has 4 nitrogen and oxygen atoms in total. The lowest BCUT2D eigenvalue weighted by Crippen LogP contribution is -2.49. The number of nitrogens with zero attached hydrogens (tertiary/aromatic N) is 2. The van der Waals surface area contributed by atoms with Crippen LogP contribution in [0.3, 0.4) is 0 Å². The number of benzene rings is 2. The van der Waals surface area contributed by atoms with Crippen molar-refractivity contribution >= 4 is 15.7 Å². The van der Waals surface area contributed by atoms with Gasteiger partial charge in [0.15, 0.2) is 0 Å². The van der Waals surface area contributed by atoms with Crippen LogP contribution in [0.1, 0.15) is 65.3 Å². The fourth-order valence-corrected chi connectivity index (χ4v) is 7.87. The molecular weight excluding hydrogens is 473 g/mol. The summed E-state index contributed by atoms with van der Waals surface area (Å²) in [5.41, 5.74) is 4.33. The zero-order chi connectivity index (χ0) is 24.4. The van der Waals surface area contributed by atoms with Gasteiger partial charge in [0.25, 0.3) is 0 Å². The highest BCUT2D eigenvalue weighted by molar-refractivity contribution is 7.89. The minimum Gasteiger partial charge on any atom is -0.371 e. The molecule has 0 amide bonds. The first-order valence-electron chi connectivity index (χ1n) is 12.7. The third kappa shape index (κ3) is 4.48. The standard InChI is InChI=1S/C27H31F3N2O2S/c28-27(29,30)25-4-1-3-22(26(25)31-11-2-12-31)14-21-8-7-20-13-19(9-10-24(20)21)23-15-32(16-23)35(33,34)17-18-5-6-18/h1,3-4,9-10,13,18,21,23H,2,5-8,11-12,14-17H2. The van der Waals surface area contributed by atoms with Crippen LogP contribution in [0.5, 0.6) is 0 Å². The van der Waals surface area contributed by atoms with Gasteiger partial charge >= 0.3 is 6.18 Å². The van der Waals surface area contributed by atoms with Crippen molar-refractivity contribution in [1.82, 2.24) is 4.31 Å². The van der Waals surface area contributed by atoms with Crippen molar-refractivity contribution in [2.45, 2.75) is 56.5 Å². The second-order valence-corrected chi connectivity index (χ2v) is 12.8. The summed E-state index contributed by atoms with van der Waals surface area (Å²) in [6.45, 7) is 2.47. The van der Waals surface area contributed by atoms with E-state index in [9.17, 15) is 21.6 Å². The SMILES string of the molecule is O=S(=O)(CC1CC1)N1CC(c2ccc3c(c2)CCC3Cc2cccc(C(F)(F)F)c2N2CCC2)C1. The molecule has 0 N–H and O–H groups in total. The number of rotatable bonds is 7. The molecule has 2 aliphatic heterocycles. The average Bonchev–Trinajstić information content (AvgIpc) is 3.43. The van der Waals surface area contributed by atoms with E-state index in [4.69, 9.17) is 0 Å². The van der Waals surface area contributed by atoms with Crippen LogP contribution in [-0.2, 0) is 29.0 Å². The normalized spacial score (nSPS) is 23.2. The quantitative estimate of drug-likeness (QED) is 0.512. The topological polar surface area (TPSA) is 40.6 Å². The number of halogens is 3. The Morgan fingerprint density at radius 1 is 1.00 bits per heavy atom. The number of aryl methyl sites for hydroxylation is 1. The molecule has 2 heterocycles. The summed E-state index contributed by atoms with van der Waals surface area (Å²) >= 11 is 0. The molecule has 35 heavy (non-hydrogen) atoms. The third-order valence-corrected chi connectivity index (χ3v) is 10.3. The van der Waals surface area contributed by atoms with Crippen LogP contribution in [0, 0.1) is 5.92 Å². The van der Waals surface area contributed by atoms with E-state index in [1.165, 1.54) is 22.8 Å². The van der Waals surface area contributed by atoms with Gasteiger partial charge in [-0.3, -0.25) is 0 Å². The maximum atomic E-state index is 13.8. The molecule has 0 spiro atoms. The summed E-state index contributed by atoms with van der Waals surface area (Å²) in [5, 5.41) is 0. The van der Waals surface area contributed by atoms with Crippen LogP contribution in [0.4, 0.5) is 18.9 Å². The van der Waals surface area contributed by atoms with Gasteiger partial charge in [0, 0.05) is 32.1 Å². The Kier molecular flexibility index (Phi) is 5.68. The molecule has 6 rings (SSSR count). The number of para-hydroxylation sites is 1. The van der Waals surface area contributed by atoms with Gasteiger partial charge in [-0.2, -0.15) is 13.2 Å². The minimum absolute atomic E-state index is 0.208. The number of fused-ring (bicyclic) bond motifs is 1. The molecule has 0 bridgehead atoms. The highest BCUT2D eigenvalue weighted by Crippen LogP contribution is 2.44. The molecule has 1 atom stereocenters. The van der Waals surface area contributed by atoms with Gasteiger partial charge in [0.1, 0.15) is 0 Å². The lowest BCUT2D eigenvalue weighted by atomic mass is 9.88. The highest BCUT2D eigenvalue weighted by atomic mass is 32.2. The Hall–Kier alpha value is -2.06. The first-order chi connectivity index (χ1) is 16.7. The summed E-state index contributed by atoms with van der Waals surface area (Å²) in [6.07, 6.45) is 1.10. The monoisotopic (exact) mass is 504 g/mol. The van der Waals surface area contributed by atoms with Crippen LogP contribution in [0.2, 0.25) is 0 Å². The first-order valence-corrected chi connectivity index (χ1v) is 14.3. The summed E-state index contributed by atoms with van der Waals surface area (Å²) in [4.78, 5) is 1.87. The van der Waals surface area contributed by atoms with E-state index in [1.54, 1.807) is 10.4 Å². The Morgan fingerprint density at radius 3 is 2.43 bits per heavy atom. The molecule has 1 saturated carbocycles. The summed E-state index contributed by atoms with van der Waals surface area (Å²) in [5.74, 6) is 1.09. The van der Waals surface area contributed by atoms with Gasteiger partial charge in [-0.05, 0) is 78.7 Å². The first kappa shape index (κ1) is 23.3. The van der Waals surface area contributed by atoms with E-state index in [0.29, 0.717) is 50.0 Å². The van der Waals surface area contributed by atoms with Gasteiger partial charge in [0.2, 0.25) is 10.0 Å².